The summed E-state index contributed by atoms with van der Waals surface area (Å²) in [6.45, 7) is 4.32. The largest absolute Gasteiger partial charge is 0.344 e. The van der Waals surface area contributed by atoms with Crippen molar-refractivity contribution in [3.8, 4) is 0 Å². The van der Waals surface area contributed by atoms with Crippen molar-refractivity contribution in [2.24, 2.45) is 0 Å². The first-order valence-corrected chi connectivity index (χ1v) is 6.72. The van der Waals surface area contributed by atoms with E-state index in [1.54, 1.807) is 19.2 Å². The molecule has 1 aliphatic heterocycles. The minimum absolute atomic E-state index is 0.0899. The van der Waals surface area contributed by atoms with Gasteiger partial charge in [0.05, 0.1) is 11.3 Å². The summed E-state index contributed by atoms with van der Waals surface area (Å²) in [6, 6.07) is 5.37. The van der Waals surface area contributed by atoms with Gasteiger partial charge in [-0.05, 0) is 31.0 Å². The number of nitrogens with zero attached hydrogens (tertiary/aromatic N) is 2. The fourth-order valence-electron chi connectivity index (χ4n) is 2.16. The fraction of sp³-hybridized carbons (Fsp3) is 0.400. The van der Waals surface area contributed by atoms with Gasteiger partial charge in [0.15, 0.2) is 0 Å². The van der Waals surface area contributed by atoms with Gasteiger partial charge in [-0.3, -0.25) is 19.3 Å². The van der Waals surface area contributed by atoms with Gasteiger partial charge in [0.1, 0.15) is 6.54 Å². The number of hydrogen-bond acceptors (Lipinski definition) is 3. The van der Waals surface area contributed by atoms with E-state index in [0.29, 0.717) is 17.8 Å². The first kappa shape index (κ1) is 14.2. The van der Waals surface area contributed by atoms with E-state index in [-0.39, 0.29) is 12.5 Å². The molecule has 0 N–H and O–H groups in total. The molecule has 0 spiro atoms. The second-order valence-corrected chi connectivity index (χ2v) is 4.83. The minimum Gasteiger partial charge on any atom is -0.344 e. The lowest BCUT2D eigenvalue weighted by Gasteiger charge is -2.20. The summed E-state index contributed by atoms with van der Waals surface area (Å²) in [5, 5.41) is 0. The molecule has 2 amide bonds. The molecule has 0 radical (unpaired) electrons. The predicted octanol–water partition coefficient (Wildman–Crippen LogP) is 1.26. The number of carbonyl (C=O) groups excluding carboxylic acids is 3. The van der Waals surface area contributed by atoms with Crippen molar-refractivity contribution in [2.45, 2.75) is 20.3 Å². The van der Waals surface area contributed by atoms with E-state index in [1.165, 1.54) is 9.80 Å². The van der Waals surface area contributed by atoms with Gasteiger partial charge in [0, 0.05) is 13.6 Å². The number of ketones is 1. The number of fused-ring (bicyclic) bond motifs is 1. The SMILES string of the molecule is CCc1ccc2c(c1)C(=O)C(=O)N2CC(=O)N(C)CC. The highest BCUT2D eigenvalue weighted by atomic mass is 16.2. The lowest BCUT2D eigenvalue weighted by Crippen LogP contribution is -2.40. The van der Waals surface area contributed by atoms with Crippen molar-refractivity contribution in [3.05, 3.63) is 29.3 Å². The Bertz CT molecular complexity index is 580. The molecule has 0 aliphatic carbocycles. The van der Waals surface area contributed by atoms with Crippen LogP contribution in [-0.2, 0) is 16.0 Å². The fourth-order valence-corrected chi connectivity index (χ4v) is 2.16. The third-order valence-electron chi connectivity index (χ3n) is 3.64. The number of aryl methyl sites for hydroxylation is 1. The monoisotopic (exact) mass is 274 g/mol. The van der Waals surface area contributed by atoms with Gasteiger partial charge >= 0.3 is 0 Å². The molecule has 5 nitrogen and oxygen atoms in total. The van der Waals surface area contributed by atoms with Crippen LogP contribution >= 0.6 is 0 Å². The van der Waals surface area contributed by atoms with Gasteiger partial charge < -0.3 is 4.90 Å². The maximum absolute atomic E-state index is 12.0. The average molecular weight is 274 g/mol. The lowest BCUT2D eigenvalue weighted by atomic mass is 10.1. The Labute approximate surface area is 118 Å². The molecule has 1 heterocycles. The summed E-state index contributed by atoms with van der Waals surface area (Å²) >= 11 is 0. The first-order chi connectivity index (χ1) is 9.49. The highest BCUT2D eigenvalue weighted by molar-refractivity contribution is 6.52. The Morgan fingerprint density at radius 1 is 1.25 bits per heavy atom. The van der Waals surface area contributed by atoms with Crippen LogP contribution in [0.25, 0.3) is 0 Å². The van der Waals surface area contributed by atoms with E-state index in [0.717, 1.165) is 12.0 Å². The highest BCUT2D eigenvalue weighted by Gasteiger charge is 2.37. The number of likely N-dealkylation sites (N-methyl/N-ethyl adjacent to an activating group) is 1. The zero-order valence-corrected chi connectivity index (χ0v) is 12.0. The van der Waals surface area contributed by atoms with Crippen LogP contribution in [0.5, 0.6) is 0 Å². The summed E-state index contributed by atoms with van der Waals surface area (Å²) < 4.78 is 0. The third kappa shape index (κ3) is 2.31. The molecule has 0 bridgehead atoms. The molecule has 0 saturated carbocycles. The minimum atomic E-state index is -0.619. The Morgan fingerprint density at radius 3 is 2.55 bits per heavy atom. The van der Waals surface area contributed by atoms with E-state index in [4.69, 9.17) is 0 Å². The van der Waals surface area contributed by atoms with Crippen molar-refractivity contribution < 1.29 is 14.4 Å². The molecule has 20 heavy (non-hydrogen) atoms. The van der Waals surface area contributed by atoms with Crippen LogP contribution in [-0.4, -0.2) is 42.6 Å². The molecule has 0 saturated heterocycles. The molecular formula is C15H18N2O3. The van der Waals surface area contributed by atoms with Crippen molar-refractivity contribution in [1.82, 2.24) is 4.90 Å². The summed E-state index contributed by atoms with van der Waals surface area (Å²) in [4.78, 5) is 38.7. The maximum atomic E-state index is 12.0. The van der Waals surface area contributed by atoms with Gasteiger partial charge in [-0.1, -0.05) is 13.0 Å². The van der Waals surface area contributed by atoms with Crippen molar-refractivity contribution in [3.63, 3.8) is 0 Å². The van der Waals surface area contributed by atoms with Crippen LogP contribution in [0, 0.1) is 0 Å². The zero-order chi connectivity index (χ0) is 14.9. The number of hydrogen-bond donors (Lipinski definition) is 0. The Balaban J connectivity index is 2.32. The van der Waals surface area contributed by atoms with Gasteiger partial charge in [-0.2, -0.15) is 0 Å². The number of carbonyl (C=O) groups is 3. The number of anilines is 1. The summed E-state index contributed by atoms with van der Waals surface area (Å²) in [7, 11) is 1.67. The van der Waals surface area contributed by atoms with E-state index in [9.17, 15) is 14.4 Å². The van der Waals surface area contributed by atoms with Gasteiger partial charge in [0.25, 0.3) is 11.7 Å². The average Bonchev–Trinajstić information content (AvgIpc) is 2.70. The molecule has 1 aromatic carbocycles. The van der Waals surface area contributed by atoms with Crippen LogP contribution in [0.3, 0.4) is 0 Å². The Kier molecular flexibility index (Phi) is 3.88. The van der Waals surface area contributed by atoms with Crippen LogP contribution in [0.4, 0.5) is 5.69 Å². The normalized spacial score (nSPS) is 13.7. The molecule has 1 aromatic rings. The molecule has 0 unspecified atom stereocenters. The molecule has 0 fully saturated rings. The maximum Gasteiger partial charge on any atom is 0.299 e. The van der Waals surface area contributed by atoms with Gasteiger partial charge in [-0.15, -0.1) is 0 Å². The van der Waals surface area contributed by atoms with Crippen LogP contribution in [0.15, 0.2) is 18.2 Å². The van der Waals surface area contributed by atoms with Gasteiger partial charge in [0.2, 0.25) is 5.91 Å². The Hall–Kier alpha value is -2.17. The van der Waals surface area contributed by atoms with Crippen molar-refractivity contribution in [2.75, 3.05) is 25.0 Å². The first-order valence-electron chi connectivity index (χ1n) is 6.72. The van der Waals surface area contributed by atoms with E-state index in [1.807, 2.05) is 19.9 Å². The van der Waals surface area contributed by atoms with E-state index < -0.39 is 11.7 Å². The van der Waals surface area contributed by atoms with Crippen LogP contribution in [0.2, 0.25) is 0 Å². The molecule has 1 aliphatic rings. The number of rotatable bonds is 4. The molecule has 2 rings (SSSR count). The summed E-state index contributed by atoms with van der Waals surface area (Å²) in [5.41, 5.74) is 1.94. The highest BCUT2D eigenvalue weighted by Crippen LogP contribution is 2.29. The quantitative estimate of drug-likeness (QED) is 0.777. The smallest absolute Gasteiger partial charge is 0.299 e. The topological polar surface area (TPSA) is 57.7 Å². The number of amides is 2. The van der Waals surface area contributed by atoms with Crippen LogP contribution in [0.1, 0.15) is 29.8 Å². The van der Waals surface area contributed by atoms with E-state index in [2.05, 4.69) is 0 Å². The summed E-state index contributed by atoms with van der Waals surface area (Å²) in [5.74, 6) is -1.32. The molecule has 0 atom stereocenters. The molecule has 0 aromatic heterocycles. The van der Waals surface area contributed by atoms with Gasteiger partial charge in [-0.25, -0.2) is 0 Å². The van der Waals surface area contributed by atoms with Crippen molar-refractivity contribution >= 4 is 23.3 Å². The Morgan fingerprint density at radius 2 is 1.95 bits per heavy atom. The second kappa shape index (κ2) is 5.45. The molecular weight excluding hydrogens is 256 g/mol. The van der Waals surface area contributed by atoms with E-state index >= 15 is 0 Å². The third-order valence-corrected chi connectivity index (χ3v) is 3.64. The lowest BCUT2D eigenvalue weighted by molar-refractivity contribution is -0.129. The second-order valence-electron chi connectivity index (χ2n) is 4.83. The molecule has 106 valence electrons. The summed E-state index contributed by atoms with van der Waals surface area (Å²) in [6.07, 6.45) is 0.798. The number of benzene rings is 1. The standard InChI is InChI=1S/C15H18N2O3/c1-4-10-6-7-12-11(8-10)14(19)15(20)17(12)9-13(18)16(3)5-2/h6-8H,4-5,9H2,1-3H3. The van der Waals surface area contributed by atoms with Crippen molar-refractivity contribution in [1.29, 1.82) is 0 Å². The van der Waals surface area contributed by atoms with Crippen LogP contribution < -0.4 is 4.90 Å². The zero-order valence-electron chi connectivity index (χ0n) is 12.0. The predicted molar refractivity (Wildman–Crippen MR) is 75.8 cm³/mol. The number of Topliss-reactive ketones (excluding diaryl/α,β-unsaturated/α-hetero) is 1. The molecule has 5 heteroatoms.